The number of hydrogen-bond acceptors (Lipinski definition) is 4. The summed E-state index contributed by atoms with van der Waals surface area (Å²) in [6.45, 7) is 0.706. The molecule has 3 N–H and O–H groups in total. The summed E-state index contributed by atoms with van der Waals surface area (Å²) >= 11 is 2.33. The molecule has 0 aliphatic carbocycles. The van der Waals surface area contributed by atoms with Gasteiger partial charge in [0.1, 0.15) is 0 Å². The van der Waals surface area contributed by atoms with Gasteiger partial charge in [-0.1, -0.05) is 30.3 Å². The molecule has 0 amide bonds. The number of fused-ring (bicyclic) bond motifs is 1. The SMILES string of the molecule is COc1ccccc1[N+](=O)[O-].NCCc1c(I)[nH]c2ccccc12. The van der Waals surface area contributed by atoms with Crippen LogP contribution < -0.4 is 10.5 Å². The number of benzene rings is 2. The Bertz CT molecular complexity index is 833. The molecule has 0 atom stereocenters. The highest BCUT2D eigenvalue weighted by Crippen LogP contribution is 2.25. The highest BCUT2D eigenvalue weighted by molar-refractivity contribution is 14.1. The number of aromatic amines is 1. The normalized spacial score (nSPS) is 10.1. The van der Waals surface area contributed by atoms with E-state index in [4.69, 9.17) is 10.5 Å². The van der Waals surface area contributed by atoms with E-state index in [2.05, 4.69) is 45.8 Å². The minimum Gasteiger partial charge on any atom is -0.490 e. The second-order valence-corrected chi connectivity index (χ2v) is 6.01. The van der Waals surface area contributed by atoms with Crippen LogP contribution in [0.5, 0.6) is 5.75 Å². The van der Waals surface area contributed by atoms with Crippen LogP contribution >= 0.6 is 22.6 Å². The van der Waals surface area contributed by atoms with Crippen molar-refractivity contribution in [1.29, 1.82) is 0 Å². The van der Waals surface area contributed by atoms with Gasteiger partial charge in [-0.05, 0) is 53.3 Å². The molecule has 0 unspecified atom stereocenters. The number of nitro benzene ring substituents is 1. The summed E-state index contributed by atoms with van der Waals surface area (Å²) in [5, 5.41) is 11.6. The number of nitrogens with two attached hydrogens (primary N) is 1. The Balaban J connectivity index is 0.000000177. The van der Waals surface area contributed by atoms with Crippen LogP contribution in [0.15, 0.2) is 48.5 Å². The van der Waals surface area contributed by atoms with E-state index in [1.165, 1.54) is 33.3 Å². The Hall–Kier alpha value is -2.13. The van der Waals surface area contributed by atoms with E-state index in [1.54, 1.807) is 18.2 Å². The molecule has 0 saturated carbocycles. The van der Waals surface area contributed by atoms with Crippen molar-refractivity contribution in [3.63, 3.8) is 0 Å². The first-order valence-electron chi connectivity index (χ1n) is 7.31. The van der Waals surface area contributed by atoms with Gasteiger partial charge in [-0.15, -0.1) is 0 Å². The second kappa shape index (κ2) is 8.65. The van der Waals surface area contributed by atoms with E-state index in [0.29, 0.717) is 6.54 Å². The molecule has 2 aromatic carbocycles. The maximum atomic E-state index is 10.3. The molecule has 0 radical (unpaired) electrons. The Morgan fingerprint density at radius 3 is 2.50 bits per heavy atom. The highest BCUT2D eigenvalue weighted by atomic mass is 127. The minimum absolute atomic E-state index is 0.00463. The van der Waals surface area contributed by atoms with Crippen LogP contribution in [0.4, 0.5) is 5.69 Å². The summed E-state index contributed by atoms with van der Waals surface area (Å²) < 4.78 is 5.98. The molecule has 3 aromatic rings. The number of aromatic nitrogens is 1. The Kier molecular flexibility index (Phi) is 6.56. The summed E-state index contributed by atoms with van der Waals surface area (Å²) in [5.41, 5.74) is 8.11. The van der Waals surface area contributed by atoms with Gasteiger partial charge in [0, 0.05) is 17.0 Å². The molecular weight excluding hydrogens is 421 g/mol. The van der Waals surface area contributed by atoms with Gasteiger partial charge >= 0.3 is 5.69 Å². The molecule has 7 heteroatoms. The molecule has 6 nitrogen and oxygen atoms in total. The third kappa shape index (κ3) is 4.24. The number of ether oxygens (including phenoxy) is 1. The van der Waals surface area contributed by atoms with E-state index in [1.807, 2.05) is 6.07 Å². The van der Waals surface area contributed by atoms with Gasteiger partial charge in [0.05, 0.1) is 15.7 Å². The number of rotatable bonds is 4. The molecule has 0 aliphatic rings. The van der Waals surface area contributed by atoms with Gasteiger partial charge in [-0.3, -0.25) is 10.1 Å². The first kappa shape index (κ1) is 18.2. The van der Waals surface area contributed by atoms with E-state index >= 15 is 0 Å². The van der Waals surface area contributed by atoms with E-state index in [-0.39, 0.29) is 11.4 Å². The smallest absolute Gasteiger partial charge is 0.310 e. The average molecular weight is 439 g/mol. The van der Waals surface area contributed by atoms with Crippen molar-refractivity contribution in [2.24, 2.45) is 5.73 Å². The largest absolute Gasteiger partial charge is 0.490 e. The highest BCUT2D eigenvalue weighted by Gasteiger charge is 2.11. The van der Waals surface area contributed by atoms with Gasteiger partial charge in [-0.2, -0.15) is 0 Å². The predicted octanol–water partition coefficient (Wildman–Crippen LogP) is 3.88. The standard InChI is InChI=1S/C10H11IN2.C7H7NO3/c11-10-8(5-6-12)7-3-1-2-4-9(7)13-10;1-11-7-5-3-2-4-6(7)8(9)10/h1-4,13H,5-6,12H2;2-5H,1H3. The van der Waals surface area contributed by atoms with Gasteiger partial charge in [0.15, 0.2) is 5.75 Å². The monoisotopic (exact) mass is 439 g/mol. The third-order valence-corrected chi connectivity index (χ3v) is 4.36. The molecule has 126 valence electrons. The number of nitrogens with one attached hydrogen (secondary N) is 1. The van der Waals surface area contributed by atoms with Crippen LogP contribution in [-0.2, 0) is 6.42 Å². The molecular formula is C17H18IN3O3. The van der Waals surface area contributed by atoms with Crippen molar-refractivity contribution in [3.8, 4) is 5.75 Å². The third-order valence-electron chi connectivity index (χ3n) is 3.44. The molecule has 0 saturated heterocycles. The first-order valence-corrected chi connectivity index (χ1v) is 8.39. The molecule has 0 aliphatic heterocycles. The van der Waals surface area contributed by atoms with Gasteiger partial charge < -0.3 is 15.5 Å². The number of halogens is 1. The average Bonchev–Trinajstić information content (AvgIpc) is 2.91. The van der Waals surface area contributed by atoms with E-state index < -0.39 is 4.92 Å². The lowest BCUT2D eigenvalue weighted by Gasteiger charge is -1.98. The summed E-state index contributed by atoms with van der Waals surface area (Å²) in [6.07, 6.45) is 0.947. The minimum atomic E-state index is -0.473. The van der Waals surface area contributed by atoms with Crippen molar-refractivity contribution < 1.29 is 9.66 Å². The molecule has 24 heavy (non-hydrogen) atoms. The number of para-hydroxylation sites is 3. The number of H-pyrrole nitrogens is 1. The molecule has 3 rings (SSSR count). The first-order chi connectivity index (χ1) is 11.6. The topological polar surface area (TPSA) is 94.2 Å². The van der Waals surface area contributed by atoms with Crippen molar-refractivity contribution in [2.75, 3.05) is 13.7 Å². The maximum absolute atomic E-state index is 10.3. The number of nitrogens with zero attached hydrogens (tertiary/aromatic N) is 1. The molecule has 1 aromatic heterocycles. The van der Waals surface area contributed by atoms with E-state index in [9.17, 15) is 10.1 Å². The van der Waals surface area contributed by atoms with Crippen molar-refractivity contribution in [2.45, 2.75) is 6.42 Å². The molecule has 0 spiro atoms. The number of nitro groups is 1. The van der Waals surface area contributed by atoms with Crippen molar-refractivity contribution in [1.82, 2.24) is 4.98 Å². The fraction of sp³-hybridized carbons (Fsp3) is 0.176. The van der Waals surface area contributed by atoms with E-state index in [0.717, 1.165) is 6.42 Å². The van der Waals surface area contributed by atoms with Crippen LogP contribution in [-0.4, -0.2) is 23.6 Å². The summed E-state index contributed by atoms with van der Waals surface area (Å²) in [7, 11) is 1.41. The number of methoxy groups -OCH3 is 1. The Morgan fingerprint density at radius 2 is 1.88 bits per heavy atom. The lowest BCUT2D eigenvalue weighted by molar-refractivity contribution is -0.385. The van der Waals surface area contributed by atoms with Crippen LogP contribution in [0.25, 0.3) is 10.9 Å². The summed E-state index contributed by atoms with van der Waals surface area (Å²) in [6, 6.07) is 14.6. The van der Waals surface area contributed by atoms with Crippen LogP contribution in [0.2, 0.25) is 0 Å². The van der Waals surface area contributed by atoms with Gasteiger partial charge in [-0.25, -0.2) is 0 Å². The fourth-order valence-electron chi connectivity index (χ4n) is 2.34. The van der Waals surface area contributed by atoms with Gasteiger partial charge in [0.25, 0.3) is 0 Å². The van der Waals surface area contributed by atoms with Crippen molar-refractivity contribution >= 4 is 39.2 Å². The lowest BCUT2D eigenvalue weighted by atomic mass is 10.1. The maximum Gasteiger partial charge on any atom is 0.310 e. The van der Waals surface area contributed by atoms with Crippen LogP contribution in [0.3, 0.4) is 0 Å². The summed E-state index contributed by atoms with van der Waals surface area (Å²) in [5.74, 6) is 0.289. The zero-order valence-corrected chi connectivity index (χ0v) is 15.3. The second-order valence-electron chi connectivity index (χ2n) is 4.93. The molecule has 0 bridgehead atoms. The fourth-order valence-corrected chi connectivity index (χ4v) is 3.19. The summed E-state index contributed by atoms with van der Waals surface area (Å²) in [4.78, 5) is 13.2. The Morgan fingerprint density at radius 1 is 1.21 bits per heavy atom. The van der Waals surface area contributed by atoms with Crippen molar-refractivity contribution in [3.05, 3.63) is 67.9 Å². The Labute approximate surface area is 153 Å². The zero-order chi connectivity index (χ0) is 17.5. The predicted molar refractivity (Wildman–Crippen MR) is 103 cm³/mol. The lowest BCUT2D eigenvalue weighted by Crippen LogP contribution is -2.03. The molecule has 1 heterocycles. The molecule has 0 fully saturated rings. The quantitative estimate of drug-likeness (QED) is 0.367. The number of hydrogen-bond donors (Lipinski definition) is 2. The van der Waals surface area contributed by atoms with Crippen LogP contribution in [0.1, 0.15) is 5.56 Å². The zero-order valence-electron chi connectivity index (χ0n) is 13.2. The van der Waals surface area contributed by atoms with Gasteiger partial charge in [0.2, 0.25) is 0 Å². The van der Waals surface area contributed by atoms with Crippen LogP contribution in [0, 0.1) is 13.8 Å².